The number of halogens is 2. The van der Waals surface area contributed by atoms with Gasteiger partial charge in [-0.3, -0.25) is 4.79 Å². The second-order valence-electron chi connectivity index (χ2n) is 7.21. The fourth-order valence-electron chi connectivity index (χ4n) is 3.48. The van der Waals surface area contributed by atoms with Crippen LogP contribution in [-0.4, -0.2) is 11.8 Å². The standard InChI is InChI=1S/C25H14BrFO5/c1-13-19(32-25(29)22-12-15-10-16(26)6-8-20(15)30-22)9-7-17-23(28)21(31-24(13)17)11-14-4-2-3-5-18(14)27/h2-12H,1H3/b21-11-. The number of Topliss-reactive ketones (excluding diaryl/α,β-unsaturated/α-hetero) is 1. The molecular weight excluding hydrogens is 479 g/mol. The molecule has 0 N–H and O–H groups in total. The second kappa shape index (κ2) is 7.76. The third kappa shape index (κ3) is 3.50. The van der Waals surface area contributed by atoms with Crippen LogP contribution in [-0.2, 0) is 0 Å². The number of hydrogen-bond donors (Lipinski definition) is 0. The molecule has 5 rings (SSSR count). The van der Waals surface area contributed by atoms with Crippen LogP contribution in [0, 0.1) is 12.7 Å². The number of allylic oxidation sites excluding steroid dienone is 1. The van der Waals surface area contributed by atoms with Crippen molar-refractivity contribution >= 4 is 44.7 Å². The average molecular weight is 493 g/mol. The summed E-state index contributed by atoms with van der Waals surface area (Å²) in [4.78, 5) is 25.3. The zero-order valence-electron chi connectivity index (χ0n) is 16.6. The van der Waals surface area contributed by atoms with Gasteiger partial charge in [-0.25, -0.2) is 9.18 Å². The lowest BCUT2D eigenvalue weighted by molar-refractivity contribution is 0.0702. The van der Waals surface area contributed by atoms with Crippen molar-refractivity contribution in [2.75, 3.05) is 0 Å². The lowest BCUT2D eigenvalue weighted by Gasteiger charge is -2.09. The summed E-state index contributed by atoms with van der Waals surface area (Å²) < 4.78 is 31.6. The lowest BCUT2D eigenvalue weighted by Crippen LogP contribution is -2.08. The van der Waals surface area contributed by atoms with Crippen molar-refractivity contribution in [1.82, 2.24) is 0 Å². The SMILES string of the molecule is Cc1c(OC(=O)c2cc3cc(Br)ccc3o2)ccc2c1O/C(=C\c1ccccc1F)C2=O. The van der Waals surface area contributed by atoms with Crippen LogP contribution in [0.4, 0.5) is 4.39 Å². The predicted molar refractivity (Wildman–Crippen MR) is 119 cm³/mol. The van der Waals surface area contributed by atoms with Gasteiger partial charge >= 0.3 is 5.97 Å². The van der Waals surface area contributed by atoms with E-state index in [0.717, 1.165) is 9.86 Å². The van der Waals surface area contributed by atoms with Gasteiger partial charge in [0.15, 0.2) is 5.76 Å². The summed E-state index contributed by atoms with van der Waals surface area (Å²) >= 11 is 3.38. The third-order valence-electron chi connectivity index (χ3n) is 5.11. The number of ether oxygens (including phenoxy) is 2. The second-order valence-corrected chi connectivity index (χ2v) is 8.12. The predicted octanol–water partition coefficient (Wildman–Crippen LogP) is 6.48. The van der Waals surface area contributed by atoms with Crippen LogP contribution in [0.2, 0.25) is 0 Å². The topological polar surface area (TPSA) is 65.7 Å². The highest BCUT2D eigenvalue weighted by molar-refractivity contribution is 9.10. The number of esters is 1. The van der Waals surface area contributed by atoms with E-state index >= 15 is 0 Å². The van der Waals surface area contributed by atoms with Crippen LogP contribution in [0.25, 0.3) is 17.0 Å². The van der Waals surface area contributed by atoms with Crippen LogP contribution in [0.5, 0.6) is 11.5 Å². The van der Waals surface area contributed by atoms with Crippen LogP contribution in [0.3, 0.4) is 0 Å². The van der Waals surface area contributed by atoms with E-state index in [9.17, 15) is 14.0 Å². The number of hydrogen-bond acceptors (Lipinski definition) is 5. The number of ketones is 1. The van der Waals surface area contributed by atoms with E-state index in [2.05, 4.69) is 15.9 Å². The monoisotopic (exact) mass is 492 g/mol. The maximum absolute atomic E-state index is 14.0. The molecule has 0 atom stereocenters. The molecular formula is C25H14BrFO5. The third-order valence-corrected chi connectivity index (χ3v) is 5.60. The molecule has 7 heteroatoms. The maximum atomic E-state index is 14.0. The van der Waals surface area contributed by atoms with Crippen molar-refractivity contribution in [3.8, 4) is 11.5 Å². The molecule has 0 fully saturated rings. The number of carbonyl (C=O) groups excluding carboxylic acids is 2. The molecule has 1 aliphatic rings. The first-order valence-electron chi connectivity index (χ1n) is 9.64. The molecule has 5 nitrogen and oxygen atoms in total. The Labute approximate surface area is 190 Å². The normalized spacial score (nSPS) is 14.0. The Kier molecular flexibility index (Phi) is 4.90. The van der Waals surface area contributed by atoms with Gasteiger partial charge in [0.1, 0.15) is 22.9 Å². The van der Waals surface area contributed by atoms with Gasteiger partial charge in [-0.05, 0) is 55.5 Å². The number of fused-ring (bicyclic) bond motifs is 2. The van der Waals surface area contributed by atoms with Crippen molar-refractivity contribution in [3.63, 3.8) is 0 Å². The van der Waals surface area contributed by atoms with Gasteiger partial charge in [-0.1, -0.05) is 34.1 Å². The summed E-state index contributed by atoms with van der Waals surface area (Å²) in [6.07, 6.45) is 1.36. The van der Waals surface area contributed by atoms with Crippen molar-refractivity contribution in [3.05, 3.63) is 99.2 Å². The molecule has 0 saturated heterocycles. The van der Waals surface area contributed by atoms with Gasteiger partial charge in [0.05, 0.1) is 5.56 Å². The Balaban J connectivity index is 1.43. The molecule has 32 heavy (non-hydrogen) atoms. The molecule has 0 radical (unpaired) electrons. The molecule has 158 valence electrons. The highest BCUT2D eigenvalue weighted by Crippen LogP contribution is 2.39. The fraction of sp³-hybridized carbons (Fsp3) is 0.0400. The van der Waals surface area contributed by atoms with Crippen molar-refractivity contribution in [2.45, 2.75) is 6.92 Å². The molecule has 0 bridgehead atoms. The van der Waals surface area contributed by atoms with Crippen LogP contribution < -0.4 is 9.47 Å². The zero-order chi connectivity index (χ0) is 22.4. The summed E-state index contributed by atoms with van der Waals surface area (Å²) in [6, 6.07) is 16.1. The Morgan fingerprint density at radius 2 is 1.91 bits per heavy atom. The molecule has 1 aliphatic heterocycles. The number of furan rings is 1. The van der Waals surface area contributed by atoms with E-state index in [1.54, 1.807) is 37.3 Å². The van der Waals surface area contributed by atoms with Gasteiger partial charge in [0.25, 0.3) is 0 Å². The molecule has 0 amide bonds. The van der Waals surface area contributed by atoms with Gasteiger partial charge in [0.2, 0.25) is 11.5 Å². The largest absolute Gasteiger partial charge is 0.452 e. The van der Waals surface area contributed by atoms with Crippen LogP contribution in [0.1, 0.15) is 32.0 Å². The molecule has 0 unspecified atom stereocenters. The van der Waals surface area contributed by atoms with E-state index < -0.39 is 11.8 Å². The zero-order valence-corrected chi connectivity index (χ0v) is 18.2. The molecule has 0 spiro atoms. The number of rotatable bonds is 3. The van der Waals surface area contributed by atoms with E-state index in [1.165, 1.54) is 24.3 Å². The van der Waals surface area contributed by atoms with Gasteiger partial charge in [0, 0.05) is 21.0 Å². The summed E-state index contributed by atoms with van der Waals surface area (Å²) in [6.45, 7) is 1.68. The highest BCUT2D eigenvalue weighted by atomic mass is 79.9. The smallest absolute Gasteiger partial charge is 0.379 e. The van der Waals surface area contributed by atoms with Crippen molar-refractivity contribution < 1.29 is 27.9 Å². The first-order valence-corrected chi connectivity index (χ1v) is 10.4. The quantitative estimate of drug-likeness (QED) is 0.186. The Bertz CT molecular complexity index is 1450. The van der Waals surface area contributed by atoms with Crippen molar-refractivity contribution in [2.24, 2.45) is 0 Å². The minimum absolute atomic E-state index is 0.000428. The molecule has 0 saturated carbocycles. The van der Waals surface area contributed by atoms with Gasteiger partial charge in [-0.2, -0.15) is 0 Å². The summed E-state index contributed by atoms with van der Waals surface area (Å²) in [5, 5.41) is 0.758. The average Bonchev–Trinajstić information content (AvgIpc) is 3.33. The lowest BCUT2D eigenvalue weighted by atomic mass is 10.1. The molecule has 4 aromatic rings. The first-order chi connectivity index (χ1) is 15.4. The van der Waals surface area contributed by atoms with Crippen molar-refractivity contribution in [1.29, 1.82) is 0 Å². The van der Waals surface area contributed by atoms with Crippen LogP contribution >= 0.6 is 15.9 Å². The highest BCUT2D eigenvalue weighted by Gasteiger charge is 2.31. The van der Waals surface area contributed by atoms with Gasteiger partial charge < -0.3 is 13.9 Å². The Hall–Kier alpha value is -3.71. The minimum Gasteiger partial charge on any atom is -0.452 e. The molecule has 3 aromatic carbocycles. The maximum Gasteiger partial charge on any atom is 0.379 e. The van der Waals surface area contributed by atoms with E-state index in [-0.39, 0.29) is 34.4 Å². The minimum atomic E-state index is -0.674. The number of carbonyl (C=O) groups is 2. The number of benzene rings is 3. The van der Waals surface area contributed by atoms with E-state index in [4.69, 9.17) is 13.9 Å². The first kappa shape index (κ1) is 20.2. The fourth-order valence-corrected chi connectivity index (χ4v) is 3.86. The molecule has 1 aromatic heterocycles. The molecule has 0 aliphatic carbocycles. The molecule has 2 heterocycles. The van der Waals surface area contributed by atoms with Crippen LogP contribution in [0.15, 0.2) is 75.3 Å². The van der Waals surface area contributed by atoms with E-state index in [0.29, 0.717) is 16.7 Å². The summed E-state index contributed by atoms with van der Waals surface area (Å²) in [7, 11) is 0. The Morgan fingerprint density at radius 3 is 2.72 bits per heavy atom. The van der Waals surface area contributed by atoms with E-state index in [1.807, 2.05) is 12.1 Å². The summed E-state index contributed by atoms with van der Waals surface area (Å²) in [5.74, 6) is -0.947. The van der Waals surface area contributed by atoms with Gasteiger partial charge in [-0.15, -0.1) is 0 Å². The summed E-state index contributed by atoms with van der Waals surface area (Å²) in [5.41, 5.74) is 1.59. The Morgan fingerprint density at radius 1 is 1.09 bits per heavy atom.